The second-order valence-electron chi connectivity index (χ2n) is 19.5. The third-order valence-corrected chi connectivity index (χ3v) is 16.1. The van der Waals surface area contributed by atoms with Crippen LogP contribution in [0.5, 0.6) is 23.0 Å². The fourth-order valence-electron chi connectivity index (χ4n) is 8.87. The highest BCUT2D eigenvalue weighted by Gasteiger charge is 2.37. The fraction of sp³-hybridized carbons (Fsp3) is 0.410. The molecule has 0 radical (unpaired) electrons. The molecule has 0 unspecified atom stereocenters. The number of hydrogen-bond donors (Lipinski definition) is 0. The van der Waals surface area contributed by atoms with Crippen molar-refractivity contribution in [3.05, 3.63) is 106 Å². The minimum atomic E-state index is -0.644. The van der Waals surface area contributed by atoms with E-state index in [0.29, 0.717) is 95.3 Å². The Hall–Kier alpha value is -8.74. The number of esters is 10. The fourth-order valence-corrected chi connectivity index (χ4v) is 11.4. The number of nitrogens with zero attached hydrogens (tertiary/aromatic N) is 2. The topological polar surface area (TPSA) is 311 Å². The van der Waals surface area contributed by atoms with E-state index >= 15 is 0 Å². The molecule has 2 aliphatic carbocycles. The maximum absolute atomic E-state index is 13.8. The van der Waals surface area contributed by atoms with Gasteiger partial charge in [-0.15, -0.1) is 0 Å². The summed E-state index contributed by atoms with van der Waals surface area (Å²) in [5, 5.41) is 19.5. The Kier molecular flexibility index (Phi) is 25.8. The summed E-state index contributed by atoms with van der Waals surface area (Å²) in [4.78, 5) is 125. The van der Waals surface area contributed by atoms with Crippen LogP contribution in [0.2, 0.25) is 0 Å². The first-order valence-electron chi connectivity index (χ1n) is 27.3. The predicted octanol–water partition coefficient (Wildman–Crippen LogP) is 8.36. The van der Waals surface area contributed by atoms with Gasteiger partial charge < -0.3 is 47.4 Å². The monoisotopic (exact) mass is 1210 g/mol. The smallest absolute Gasteiger partial charge is 0.330 e. The molecule has 0 atom stereocenters. The van der Waals surface area contributed by atoms with Crippen molar-refractivity contribution >= 4 is 83.2 Å². The Labute approximate surface area is 498 Å². The highest BCUT2D eigenvalue weighted by molar-refractivity contribution is 8.24. The Morgan fingerprint density at radius 1 is 0.482 bits per heavy atom. The lowest BCUT2D eigenvalue weighted by atomic mass is 9.82. The molecule has 6 rings (SSSR count). The number of carbonyl (C=O) groups excluding carboxylic acids is 10. The van der Waals surface area contributed by atoms with E-state index < -0.39 is 83.4 Å². The Balaban J connectivity index is 0.916. The van der Waals surface area contributed by atoms with Gasteiger partial charge in [-0.3, -0.25) is 38.4 Å². The van der Waals surface area contributed by atoms with Gasteiger partial charge in [-0.2, -0.15) is 10.5 Å². The molecule has 1 heterocycles. The predicted molar refractivity (Wildman–Crippen MR) is 299 cm³/mol. The van der Waals surface area contributed by atoms with E-state index in [-0.39, 0.29) is 82.4 Å². The van der Waals surface area contributed by atoms with Gasteiger partial charge >= 0.3 is 59.7 Å². The summed E-state index contributed by atoms with van der Waals surface area (Å²) in [6.07, 6.45) is 4.71. The van der Waals surface area contributed by atoms with Crippen LogP contribution >= 0.6 is 23.5 Å². The molecule has 0 amide bonds. The summed E-state index contributed by atoms with van der Waals surface area (Å²) >= 11 is 2.12. The van der Waals surface area contributed by atoms with Crippen LogP contribution in [0.15, 0.2) is 99.5 Å². The van der Waals surface area contributed by atoms with Crippen molar-refractivity contribution in [2.24, 2.45) is 23.7 Å². The van der Waals surface area contributed by atoms with Crippen molar-refractivity contribution in [2.75, 3.05) is 39.6 Å². The number of fused-ring (bicyclic) bond motifs is 1. The van der Waals surface area contributed by atoms with Crippen LogP contribution in [0.3, 0.4) is 0 Å². The molecule has 0 spiro atoms. The minimum absolute atomic E-state index is 0.0509. The Morgan fingerprint density at radius 2 is 0.824 bits per heavy atom. The van der Waals surface area contributed by atoms with Gasteiger partial charge in [-0.25, -0.2) is 9.59 Å². The molecule has 22 nitrogen and oxygen atoms in total. The molecular weight excluding hydrogens is 1140 g/mol. The van der Waals surface area contributed by atoms with Crippen LogP contribution in [-0.4, -0.2) is 99.3 Å². The largest absolute Gasteiger partial charge is 0.465 e. The molecular formula is C61H62N2O20S2. The van der Waals surface area contributed by atoms with Crippen molar-refractivity contribution in [2.45, 2.75) is 107 Å². The maximum atomic E-state index is 13.8. The van der Waals surface area contributed by atoms with Gasteiger partial charge in [0.25, 0.3) is 0 Å². The van der Waals surface area contributed by atoms with Crippen LogP contribution in [0.4, 0.5) is 0 Å². The first kappa shape index (κ1) is 65.4. The van der Waals surface area contributed by atoms with Gasteiger partial charge in [0.1, 0.15) is 67.1 Å². The van der Waals surface area contributed by atoms with Gasteiger partial charge in [-0.1, -0.05) is 60.9 Å². The number of ether oxygens (including phenoxy) is 10. The van der Waals surface area contributed by atoms with Crippen molar-refractivity contribution in [3.63, 3.8) is 0 Å². The van der Waals surface area contributed by atoms with Gasteiger partial charge in [0.15, 0.2) is 0 Å². The van der Waals surface area contributed by atoms with E-state index in [1.165, 1.54) is 0 Å². The normalized spacial score (nSPS) is 16.7. The molecule has 2 fully saturated rings. The molecule has 0 bridgehead atoms. The van der Waals surface area contributed by atoms with Crippen LogP contribution in [-0.2, 0) is 89.2 Å². The molecule has 24 heteroatoms. The average molecular weight is 1210 g/mol. The molecule has 1 aliphatic heterocycles. The number of aryl methyl sites for hydroxylation is 1. The summed E-state index contributed by atoms with van der Waals surface area (Å²) in [6, 6.07) is 18.8. The third kappa shape index (κ3) is 20.8. The quantitative estimate of drug-likeness (QED) is 0.0164. The van der Waals surface area contributed by atoms with E-state index in [4.69, 9.17) is 47.4 Å². The van der Waals surface area contributed by atoms with Gasteiger partial charge in [-0.05, 0) is 105 Å². The van der Waals surface area contributed by atoms with E-state index in [0.717, 1.165) is 46.8 Å². The summed E-state index contributed by atoms with van der Waals surface area (Å²) in [5.41, 5.74) is 1.90. The van der Waals surface area contributed by atoms with Crippen LogP contribution in [0, 0.1) is 53.3 Å². The summed E-state index contributed by atoms with van der Waals surface area (Å²) in [6.45, 7) is 7.74. The first-order valence-corrected chi connectivity index (χ1v) is 28.9. The molecule has 2 saturated carbocycles. The number of rotatable bonds is 28. The molecule has 3 aromatic rings. The molecule has 0 N–H and O–H groups in total. The first-order chi connectivity index (χ1) is 41.0. The SMILES string of the molecule is C=CC(=O)OCCOC(=O)CCC(=O)OCCc1ccc(OC(=O)C2CCC(C(=O)Oc3cc(C)c(OC(=O)C4CCC(C(=O)Oc5ccc(CCOC(=O)CCC(=O)OCCOC(=O)C=C)cc5)CC4)c4c3SC(=C(C#N)C#N)S4)CC2)cc1. The third-order valence-electron chi connectivity index (χ3n) is 13.5. The zero-order valence-corrected chi connectivity index (χ0v) is 48.2. The Bertz CT molecular complexity index is 3090. The van der Waals surface area contributed by atoms with Gasteiger partial charge in [0.2, 0.25) is 0 Å². The maximum Gasteiger partial charge on any atom is 0.330 e. The van der Waals surface area contributed by atoms with Crippen LogP contribution < -0.4 is 18.9 Å². The van der Waals surface area contributed by atoms with E-state index in [2.05, 4.69) is 13.2 Å². The number of carbonyl (C=O) groups is 10. The lowest BCUT2D eigenvalue weighted by Gasteiger charge is -2.27. The van der Waals surface area contributed by atoms with E-state index in [9.17, 15) is 58.5 Å². The number of allylic oxidation sites excluding steroid dienone is 1. The average Bonchev–Trinajstić information content (AvgIpc) is 3.68. The van der Waals surface area contributed by atoms with Gasteiger partial charge in [0.05, 0.1) is 76.6 Å². The molecule has 0 saturated heterocycles. The van der Waals surface area contributed by atoms with Crippen LogP contribution in [0.1, 0.15) is 93.7 Å². The molecule has 0 aromatic heterocycles. The highest BCUT2D eigenvalue weighted by atomic mass is 32.2. The minimum Gasteiger partial charge on any atom is -0.465 e. The number of nitriles is 2. The lowest BCUT2D eigenvalue weighted by Crippen LogP contribution is -2.31. The number of thioether (sulfide) groups is 2. The molecule has 85 heavy (non-hydrogen) atoms. The number of hydrogen-bond acceptors (Lipinski definition) is 24. The van der Waals surface area contributed by atoms with Crippen LogP contribution in [0.25, 0.3) is 0 Å². The Morgan fingerprint density at radius 3 is 1.20 bits per heavy atom. The highest BCUT2D eigenvalue weighted by Crippen LogP contribution is 2.60. The van der Waals surface area contributed by atoms with Crippen molar-refractivity contribution in [1.82, 2.24) is 0 Å². The zero-order chi connectivity index (χ0) is 61.3. The van der Waals surface area contributed by atoms with E-state index in [1.54, 1.807) is 61.5 Å². The standard InChI is InChI=1S/C61H62N2O20S2/c1-4-48(64)76-30-32-78-52(68)24-22-50(66)74-28-26-38-6-18-45(19-7-38)80-57(70)40-10-14-42(15-11-40)59(72)82-47-34-37(3)54(56-55(47)84-61(85-56)44(35-62)36-63)83-60(73)43-16-12-41(13-17-43)58(71)81-46-20-8-39(9-21-46)27-29-75-51(67)23-25-53(69)79-33-31-77-49(65)5-2/h4-9,18-21,34,40-43H,1-2,10-17,22-33H2,3H3. The summed E-state index contributed by atoms with van der Waals surface area (Å²) in [5.74, 6) is -6.77. The lowest BCUT2D eigenvalue weighted by molar-refractivity contribution is -0.152. The van der Waals surface area contributed by atoms with Gasteiger partial charge in [0, 0.05) is 25.0 Å². The second-order valence-corrected chi connectivity index (χ2v) is 21.8. The van der Waals surface area contributed by atoms with Crippen molar-refractivity contribution in [1.29, 1.82) is 10.5 Å². The van der Waals surface area contributed by atoms with Crippen molar-refractivity contribution in [3.8, 4) is 35.1 Å². The summed E-state index contributed by atoms with van der Waals surface area (Å²) in [7, 11) is 0. The van der Waals surface area contributed by atoms with Crippen molar-refractivity contribution < 1.29 is 95.3 Å². The molecule has 448 valence electrons. The number of benzene rings is 3. The van der Waals surface area contributed by atoms with E-state index in [1.807, 2.05) is 12.1 Å². The molecule has 3 aromatic carbocycles. The zero-order valence-electron chi connectivity index (χ0n) is 46.6. The second kappa shape index (κ2) is 33.5. The summed E-state index contributed by atoms with van der Waals surface area (Å²) < 4.78 is 53.4. The molecule has 3 aliphatic rings.